The van der Waals surface area contributed by atoms with Crippen molar-refractivity contribution in [3.63, 3.8) is 0 Å². The number of benzene rings is 1. The number of hydrogen-bond donors (Lipinski definition) is 1. The maximum absolute atomic E-state index is 12.0. The summed E-state index contributed by atoms with van der Waals surface area (Å²) in [4.78, 5) is 4.44. The second kappa shape index (κ2) is 6.72. The van der Waals surface area contributed by atoms with Gasteiger partial charge in [-0.2, -0.15) is 0 Å². The van der Waals surface area contributed by atoms with Gasteiger partial charge in [0.25, 0.3) is 0 Å². The Morgan fingerprint density at radius 2 is 1.85 bits per heavy atom. The normalized spacial score (nSPS) is 11.2. The number of hydrogen-bond acceptors (Lipinski definition) is 4. The predicted molar refractivity (Wildman–Crippen MR) is 80.8 cm³/mol. The van der Waals surface area contributed by atoms with Crippen LogP contribution in [-0.4, -0.2) is 25.7 Å². The molecule has 6 heteroatoms. The standard InChI is InChI=1S/C14H15ClN2O2S/c15-12-7-8-14(17-11-12)16-9-4-10-20(18,19)13-5-2-1-3-6-13/h1-3,5-8,11H,4,9-10H2,(H,16,17). The number of anilines is 1. The van der Waals surface area contributed by atoms with Crippen LogP contribution in [0, 0.1) is 0 Å². The van der Waals surface area contributed by atoms with Crippen molar-refractivity contribution < 1.29 is 8.42 Å². The molecule has 20 heavy (non-hydrogen) atoms. The molecule has 0 aliphatic carbocycles. The van der Waals surface area contributed by atoms with Crippen LogP contribution in [0.3, 0.4) is 0 Å². The van der Waals surface area contributed by atoms with Crippen LogP contribution >= 0.6 is 11.6 Å². The van der Waals surface area contributed by atoms with Gasteiger partial charge in [0, 0.05) is 12.7 Å². The lowest BCUT2D eigenvalue weighted by Gasteiger charge is -2.06. The summed E-state index contributed by atoms with van der Waals surface area (Å²) in [6, 6.07) is 12.0. The van der Waals surface area contributed by atoms with E-state index in [2.05, 4.69) is 10.3 Å². The zero-order chi connectivity index (χ0) is 14.4. The van der Waals surface area contributed by atoms with E-state index in [-0.39, 0.29) is 5.75 Å². The molecule has 2 rings (SSSR count). The van der Waals surface area contributed by atoms with Gasteiger partial charge in [-0.25, -0.2) is 13.4 Å². The molecule has 0 radical (unpaired) electrons. The molecule has 0 aliphatic heterocycles. The molecule has 1 aromatic heterocycles. The number of nitrogens with zero attached hydrogens (tertiary/aromatic N) is 1. The minimum Gasteiger partial charge on any atom is -0.370 e. The highest BCUT2D eigenvalue weighted by Crippen LogP contribution is 2.12. The lowest BCUT2D eigenvalue weighted by molar-refractivity contribution is 0.594. The van der Waals surface area contributed by atoms with Gasteiger partial charge < -0.3 is 5.32 Å². The number of pyridine rings is 1. The molecule has 1 heterocycles. The Balaban J connectivity index is 1.83. The van der Waals surface area contributed by atoms with E-state index in [0.29, 0.717) is 28.7 Å². The molecule has 106 valence electrons. The van der Waals surface area contributed by atoms with Crippen LogP contribution in [0.15, 0.2) is 53.6 Å². The monoisotopic (exact) mass is 310 g/mol. The summed E-state index contributed by atoms with van der Waals surface area (Å²) in [6.07, 6.45) is 2.06. The van der Waals surface area contributed by atoms with Gasteiger partial charge in [0.15, 0.2) is 9.84 Å². The fourth-order valence-corrected chi connectivity index (χ4v) is 3.15. The average Bonchev–Trinajstić information content (AvgIpc) is 2.46. The van der Waals surface area contributed by atoms with Gasteiger partial charge >= 0.3 is 0 Å². The van der Waals surface area contributed by atoms with Gasteiger partial charge in [-0.15, -0.1) is 0 Å². The third kappa shape index (κ3) is 4.21. The number of aromatic nitrogens is 1. The Morgan fingerprint density at radius 3 is 2.50 bits per heavy atom. The Morgan fingerprint density at radius 1 is 1.10 bits per heavy atom. The topological polar surface area (TPSA) is 59.1 Å². The molecule has 4 nitrogen and oxygen atoms in total. The number of nitrogens with one attached hydrogen (secondary N) is 1. The number of rotatable bonds is 6. The van der Waals surface area contributed by atoms with Crippen molar-refractivity contribution in [2.24, 2.45) is 0 Å². The fourth-order valence-electron chi connectivity index (χ4n) is 1.70. The summed E-state index contributed by atoms with van der Waals surface area (Å²) in [5.41, 5.74) is 0. The fraction of sp³-hybridized carbons (Fsp3) is 0.214. The molecule has 0 amide bonds. The van der Waals surface area contributed by atoms with Crippen molar-refractivity contribution in [3.05, 3.63) is 53.7 Å². The Labute approximate surface area is 123 Å². The Bertz CT molecular complexity index is 643. The highest BCUT2D eigenvalue weighted by atomic mass is 35.5. The summed E-state index contributed by atoms with van der Waals surface area (Å²) in [6.45, 7) is 0.542. The Hall–Kier alpha value is -1.59. The van der Waals surface area contributed by atoms with E-state index >= 15 is 0 Å². The summed E-state index contributed by atoms with van der Waals surface area (Å²) in [7, 11) is -3.20. The van der Waals surface area contributed by atoms with Crippen LogP contribution in [0.5, 0.6) is 0 Å². The number of halogens is 1. The second-order valence-corrected chi connectivity index (χ2v) is 6.82. The summed E-state index contributed by atoms with van der Waals surface area (Å²) >= 11 is 5.73. The van der Waals surface area contributed by atoms with Crippen LogP contribution < -0.4 is 5.32 Å². The smallest absolute Gasteiger partial charge is 0.178 e. The van der Waals surface area contributed by atoms with Crippen LogP contribution in [0.2, 0.25) is 5.02 Å². The van der Waals surface area contributed by atoms with Gasteiger partial charge in [0.2, 0.25) is 0 Å². The van der Waals surface area contributed by atoms with E-state index in [0.717, 1.165) is 0 Å². The van der Waals surface area contributed by atoms with Crippen molar-refractivity contribution in [2.45, 2.75) is 11.3 Å². The first-order valence-corrected chi connectivity index (χ1v) is 8.24. The highest BCUT2D eigenvalue weighted by molar-refractivity contribution is 7.91. The van der Waals surface area contributed by atoms with Gasteiger partial charge in [-0.3, -0.25) is 0 Å². The first-order valence-electron chi connectivity index (χ1n) is 6.21. The van der Waals surface area contributed by atoms with Gasteiger partial charge in [0.05, 0.1) is 15.7 Å². The molecule has 0 spiro atoms. The largest absolute Gasteiger partial charge is 0.370 e. The van der Waals surface area contributed by atoms with E-state index in [4.69, 9.17) is 11.6 Å². The maximum Gasteiger partial charge on any atom is 0.178 e. The molecule has 0 atom stereocenters. The van der Waals surface area contributed by atoms with Gasteiger partial charge in [-0.05, 0) is 30.7 Å². The van der Waals surface area contributed by atoms with Crippen molar-refractivity contribution in [1.29, 1.82) is 0 Å². The zero-order valence-corrected chi connectivity index (χ0v) is 12.4. The molecular weight excluding hydrogens is 296 g/mol. The SMILES string of the molecule is O=S(=O)(CCCNc1ccc(Cl)cn1)c1ccccc1. The van der Waals surface area contributed by atoms with Gasteiger partial charge in [-0.1, -0.05) is 29.8 Å². The lowest BCUT2D eigenvalue weighted by atomic mass is 10.4. The molecule has 2 aromatic rings. The second-order valence-electron chi connectivity index (χ2n) is 4.27. The molecule has 0 fully saturated rings. The predicted octanol–water partition coefficient (Wildman–Crippen LogP) is 3.01. The lowest BCUT2D eigenvalue weighted by Crippen LogP contribution is -2.12. The summed E-state index contributed by atoms with van der Waals surface area (Å²) < 4.78 is 24.1. The van der Waals surface area contributed by atoms with E-state index in [1.54, 1.807) is 48.7 Å². The molecular formula is C14H15ClN2O2S. The molecule has 1 aromatic carbocycles. The molecule has 0 saturated heterocycles. The first-order chi connectivity index (χ1) is 9.58. The van der Waals surface area contributed by atoms with Crippen LogP contribution in [0.25, 0.3) is 0 Å². The average molecular weight is 311 g/mol. The maximum atomic E-state index is 12.0. The van der Waals surface area contributed by atoms with Crippen molar-refractivity contribution in [2.75, 3.05) is 17.6 Å². The van der Waals surface area contributed by atoms with E-state index in [9.17, 15) is 8.42 Å². The summed E-state index contributed by atoms with van der Waals surface area (Å²) in [5.74, 6) is 0.795. The molecule has 0 aliphatic rings. The highest BCUT2D eigenvalue weighted by Gasteiger charge is 2.12. The van der Waals surface area contributed by atoms with Crippen LogP contribution in [0.1, 0.15) is 6.42 Å². The van der Waals surface area contributed by atoms with Crippen molar-refractivity contribution in [3.8, 4) is 0 Å². The molecule has 0 unspecified atom stereocenters. The molecule has 0 bridgehead atoms. The van der Waals surface area contributed by atoms with Gasteiger partial charge in [0.1, 0.15) is 5.82 Å². The minimum absolute atomic E-state index is 0.109. The third-order valence-corrected chi connectivity index (χ3v) is 4.77. The number of sulfone groups is 1. The van der Waals surface area contributed by atoms with Crippen molar-refractivity contribution >= 4 is 27.3 Å². The zero-order valence-electron chi connectivity index (χ0n) is 10.8. The van der Waals surface area contributed by atoms with E-state index in [1.807, 2.05) is 0 Å². The molecule has 0 saturated carbocycles. The summed E-state index contributed by atoms with van der Waals surface area (Å²) in [5, 5.41) is 3.63. The first kappa shape index (κ1) is 14.8. The van der Waals surface area contributed by atoms with Crippen LogP contribution in [-0.2, 0) is 9.84 Å². The van der Waals surface area contributed by atoms with Crippen molar-refractivity contribution in [1.82, 2.24) is 4.98 Å². The quantitative estimate of drug-likeness (QED) is 0.833. The van der Waals surface area contributed by atoms with Crippen LogP contribution in [0.4, 0.5) is 5.82 Å². The molecule has 1 N–H and O–H groups in total. The Kier molecular flexibility index (Phi) is 4.98. The minimum atomic E-state index is -3.20. The van der Waals surface area contributed by atoms with E-state index < -0.39 is 9.84 Å². The van der Waals surface area contributed by atoms with E-state index in [1.165, 1.54) is 0 Å². The third-order valence-electron chi connectivity index (χ3n) is 2.73.